The zero-order chi connectivity index (χ0) is 14.7. The summed E-state index contributed by atoms with van der Waals surface area (Å²) in [6.07, 6.45) is 0. The first-order valence-corrected chi connectivity index (χ1v) is 7.63. The lowest BCUT2D eigenvalue weighted by Gasteiger charge is -2.18. The number of carbonyl (C=O) groups is 1. The number of carbonyl (C=O) groups excluding carboxylic acids is 1. The molecule has 20 heavy (non-hydrogen) atoms. The van der Waals surface area contributed by atoms with Crippen LogP contribution in [-0.2, 0) is 4.79 Å². The van der Waals surface area contributed by atoms with Gasteiger partial charge in [0.1, 0.15) is 6.04 Å². The average Bonchev–Trinajstić information content (AvgIpc) is 2.41. The van der Waals surface area contributed by atoms with Gasteiger partial charge in [-0.1, -0.05) is 44.0 Å². The van der Waals surface area contributed by atoms with Gasteiger partial charge in [-0.05, 0) is 48.4 Å². The third kappa shape index (κ3) is 3.61. The molecule has 2 rings (SSSR count). The number of halogens is 2. The zero-order valence-electron chi connectivity index (χ0n) is 10.9. The highest BCUT2D eigenvalue weighted by atomic mass is 79.9. The van der Waals surface area contributed by atoms with Crippen molar-refractivity contribution >= 4 is 43.5 Å². The molecule has 5 heteroatoms. The fourth-order valence-electron chi connectivity index (χ4n) is 1.82. The Morgan fingerprint density at radius 2 is 1.80 bits per heavy atom. The molecule has 3 N–H and O–H groups in total. The average molecular weight is 398 g/mol. The minimum Gasteiger partial charge on any atom is -0.370 e. The van der Waals surface area contributed by atoms with E-state index in [2.05, 4.69) is 37.2 Å². The van der Waals surface area contributed by atoms with Gasteiger partial charge >= 0.3 is 0 Å². The van der Waals surface area contributed by atoms with E-state index in [9.17, 15) is 4.79 Å². The maximum absolute atomic E-state index is 11.7. The predicted octanol–water partition coefficient (Wildman–Crippen LogP) is 4.16. The second kappa shape index (κ2) is 6.41. The van der Waals surface area contributed by atoms with E-state index in [4.69, 9.17) is 5.73 Å². The molecule has 2 aromatic rings. The largest absolute Gasteiger partial charge is 0.370 e. The van der Waals surface area contributed by atoms with Crippen molar-refractivity contribution in [1.82, 2.24) is 0 Å². The van der Waals surface area contributed by atoms with Crippen LogP contribution in [-0.4, -0.2) is 5.91 Å². The highest BCUT2D eigenvalue weighted by Crippen LogP contribution is 2.25. The molecule has 0 bridgehead atoms. The normalized spacial score (nSPS) is 11.9. The molecule has 0 saturated heterocycles. The van der Waals surface area contributed by atoms with E-state index in [1.54, 1.807) is 0 Å². The summed E-state index contributed by atoms with van der Waals surface area (Å²) in [4.78, 5) is 11.7. The summed E-state index contributed by atoms with van der Waals surface area (Å²) in [7, 11) is 0. The molecule has 0 saturated carbocycles. The van der Waals surface area contributed by atoms with Crippen LogP contribution in [0.4, 0.5) is 5.69 Å². The Labute approximate surface area is 134 Å². The van der Waals surface area contributed by atoms with E-state index in [0.29, 0.717) is 0 Å². The Morgan fingerprint density at radius 1 is 1.15 bits per heavy atom. The van der Waals surface area contributed by atoms with Gasteiger partial charge in [-0.15, -0.1) is 0 Å². The van der Waals surface area contributed by atoms with E-state index >= 15 is 0 Å². The van der Waals surface area contributed by atoms with Crippen molar-refractivity contribution in [1.29, 1.82) is 0 Å². The van der Waals surface area contributed by atoms with Crippen LogP contribution in [0, 0.1) is 6.92 Å². The highest BCUT2D eigenvalue weighted by molar-refractivity contribution is 9.10. The maximum Gasteiger partial charge on any atom is 0.244 e. The third-order valence-electron chi connectivity index (χ3n) is 2.97. The third-order valence-corrected chi connectivity index (χ3v) is 4.35. The smallest absolute Gasteiger partial charge is 0.244 e. The molecule has 2 aromatic carbocycles. The molecule has 0 radical (unpaired) electrons. The zero-order valence-corrected chi connectivity index (χ0v) is 14.0. The van der Waals surface area contributed by atoms with Gasteiger partial charge in [-0.2, -0.15) is 0 Å². The standard InChI is InChI=1S/C15H14Br2N2O/c1-9-2-3-10(8-13(9)17)14(15(18)20)19-12-6-4-11(16)5-7-12/h2-8,14,19H,1H3,(H2,18,20). The summed E-state index contributed by atoms with van der Waals surface area (Å²) in [6.45, 7) is 2.00. The monoisotopic (exact) mass is 396 g/mol. The first kappa shape index (κ1) is 15.1. The molecule has 0 spiro atoms. The second-order valence-corrected chi connectivity index (χ2v) is 6.27. The van der Waals surface area contributed by atoms with Crippen molar-refractivity contribution < 1.29 is 4.79 Å². The summed E-state index contributed by atoms with van der Waals surface area (Å²) < 4.78 is 1.94. The number of hydrogen-bond acceptors (Lipinski definition) is 2. The molecule has 0 heterocycles. The summed E-state index contributed by atoms with van der Waals surface area (Å²) in [6, 6.07) is 12.8. The van der Waals surface area contributed by atoms with Crippen molar-refractivity contribution in [3.8, 4) is 0 Å². The van der Waals surface area contributed by atoms with Crippen molar-refractivity contribution in [2.24, 2.45) is 5.73 Å². The number of nitrogens with two attached hydrogens (primary N) is 1. The predicted molar refractivity (Wildman–Crippen MR) is 88.6 cm³/mol. The molecule has 0 aromatic heterocycles. The molecule has 0 aliphatic heterocycles. The van der Waals surface area contributed by atoms with E-state index < -0.39 is 11.9 Å². The fraction of sp³-hybridized carbons (Fsp3) is 0.133. The second-order valence-electron chi connectivity index (χ2n) is 4.50. The molecule has 1 atom stereocenters. The van der Waals surface area contributed by atoms with Gasteiger partial charge in [-0.25, -0.2) is 0 Å². The lowest BCUT2D eigenvalue weighted by molar-refractivity contribution is -0.118. The van der Waals surface area contributed by atoms with Gasteiger partial charge in [0.2, 0.25) is 5.91 Å². The Morgan fingerprint density at radius 3 is 2.35 bits per heavy atom. The van der Waals surface area contributed by atoms with Crippen molar-refractivity contribution in [3.63, 3.8) is 0 Å². The Bertz CT molecular complexity index is 626. The molecule has 1 unspecified atom stereocenters. The summed E-state index contributed by atoms with van der Waals surface area (Å²) in [5.41, 5.74) is 8.29. The van der Waals surface area contributed by atoms with Crippen LogP contribution in [0.15, 0.2) is 51.4 Å². The summed E-state index contributed by atoms with van der Waals surface area (Å²) >= 11 is 6.85. The molecule has 0 fully saturated rings. The molecule has 0 aliphatic carbocycles. The number of primary amides is 1. The van der Waals surface area contributed by atoms with Gasteiger partial charge < -0.3 is 11.1 Å². The minimum absolute atomic E-state index is 0.413. The van der Waals surface area contributed by atoms with Crippen LogP contribution in [0.5, 0.6) is 0 Å². The lowest BCUT2D eigenvalue weighted by atomic mass is 10.0. The summed E-state index contributed by atoms with van der Waals surface area (Å²) in [5, 5.41) is 3.15. The summed E-state index contributed by atoms with van der Waals surface area (Å²) in [5.74, 6) is -0.413. The maximum atomic E-state index is 11.7. The molecule has 1 amide bonds. The molecular weight excluding hydrogens is 384 g/mol. The first-order valence-electron chi connectivity index (χ1n) is 6.05. The Hall–Kier alpha value is -1.33. The van der Waals surface area contributed by atoms with Crippen molar-refractivity contribution in [2.45, 2.75) is 13.0 Å². The van der Waals surface area contributed by atoms with Gasteiger partial charge in [0.15, 0.2) is 0 Å². The molecule has 0 aliphatic rings. The van der Waals surface area contributed by atoms with Crippen LogP contribution in [0.25, 0.3) is 0 Å². The minimum atomic E-state index is -0.562. The Kier molecular flexibility index (Phi) is 4.83. The van der Waals surface area contributed by atoms with Crippen molar-refractivity contribution in [2.75, 3.05) is 5.32 Å². The van der Waals surface area contributed by atoms with E-state index in [0.717, 1.165) is 25.8 Å². The number of amides is 1. The van der Waals surface area contributed by atoms with E-state index in [-0.39, 0.29) is 0 Å². The molecule has 104 valence electrons. The quantitative estimate of drug-likeness (QED) is 0.813. The van der Waals surface area contributed by atoms with E-state index in [1.807, 2.05) is 49.4 Å². The Balaban J connectivity index is 2.29. The van der Waals surface area contributed by atoms with Crippen LogP contribution in [0.1, 0.15) is 17.2 Å². The van der Waals surface area contributed by atoms with Gasteiger partial charge in [-0.3, -0.25) is 4.79 Å². The van der Waals surface area contributed by atoms with Gasteiger partial charge in [0, 0.05) is 14.6 Å². The fourth-order valence-corrected chi connectivity index (χ4v) is 2.48. The SMILES string of the molecule is Cc1ccc(C(Nc2ccc(Br)cc2)C(N)=O)cc1Br. The number of benzene rings is 2. The highest BCUT2D eigenvalue weighted by Gasteiger charge is 2.18. The number of nitrogens with one attached hydrogen (secondary N) is 1. The number of aryl methyl sites for hydroxylation is 1. The van der Waals surface area contributed by atoms with Crippen molar-refractivity contribution in [3.05, 3.63) is 62.5 Å². The molecular formula is C15H14Br2N2O. The number of rotatable bonds is 4. The van der Waals surface area contributed by atoms with Crippen LogP contribution in [0.2, 0.25) is 0 Å². The topological polar surface area (TPSA) is 55.1 Å². The lowest BCUT2D eigenvalue weighted by Crippen LogP contribution is -2.27. The first-order chi connectivity index (χ1) is 9.47. The molecule has 3 nitrogen and oxygen atoms in total. The number of hydrogen-bond donors (Lipinski definition) is 2. The number of anilines is 1. The van der Waals surface area contributed by atoms with Crippen LogP contribution < -0.4 is 11.1 Å². The van der Waals surface area contributed by atoms with Crippen LogP contribution >= 0.6 is 31.9 Å². The van der Waals surface area contributed by atoms with E-state index in [1.165, 1.54) is 0 Å². The van der Waals surface area contributed by atoms with Gasteiger partial charge in [0.25, 0.3) is 0 Å². The van der Waals surface area contributed by atoms with Gasteiger partial charge in [0.05, 0.1) is 0 Å². The van der Waals surface area contributed by atoms with Crippen LogP contribution in [0.3, 0.4) is 0 Å².